The number of rotatable bonds is 4. The predicted octanol–water partition coefficient (Wildman–Crippen LogP) is 2.59. The number of halogens is 1. The highest BCUT2D eigenvalue weighted by atomic mass is 19.1. The minimum Gasteiger partial charge on any atom is -0.493 e. The molecule has 1 aliphatic heterocycles. The Hall–Kier alpha value is -2.83. The zero-order valence-electron chi connectivity index (χ0n) is 15.1. The van der Waals surface area contributed by atoms with Crippen LogP contribution < -0.4 is 14.4 Å². The normalized spacial score (nSPS) is 17.2. The first-order valence-electron chi connectivity index (χ1n) is 8.44. The fourth-order valence-corrected chi connectivity index (χ4v) is 3.27. The quantitative estimate of drug-likeness (QED) is 0.786. The van der Waals surface area contributed by atoms with E-state index in [2.05, 4.69) is 4.98 Å². The molecule has 2 aromatic rings. The van der Waals surface area contributed by atoms with Crippen LogP contribution in [0.25, 0.3) is 0 Å². The van der Waals surface area contributed by atoms with E-state index >= 15 is 0 Å². The number of methoxy groups -OCH3 is 2. The number of pyridine rings is 1. The highest BCUT2D eigenvalue weighted by Gasteiger charge is 2.30. The Morgan fingerprint density at radius 2 is 1.92 bits per heavy atom. The fourth-order valence-electron chi connectivity index (χ4n) is 3.27. The van der Waals surface area contributed by atoms with E-state index in [1.165, 1.54) is 13.2 Å². The van der Waals surface area contributed by atoms with E-state index in [4.69, 9.17) is 9.47 Å². The molecule has 0 N–H and O–H groups in total. The number of anilines is 1. The number of nitrogens with zero attached hydrogens (tertiary/aromatic N) is 3. The van der Waals surface area contributed by atoms with E-state index in [1.807, 2.05) is 11.8 Å². The molecule has 0 bridgehead atoms. The summed E-state index contributed by atoms with van der Waals surface area (Å²) in [5.74, 6) is 0.924. The zero-order chi connectivity index (χ0) is 18.7. The van der Waals surface area contributed by atoms with Crippen LogP contribution in [0.15, 0.2) is 36.4 Å². The summed E-state index contributed by atoms with van der Waals surface area (Å²) in [5, 5.41) is 0. The second-order valence-corrected chi connectivity index (χ2v) is 6.15. The minimum absolute atomic E-state index is 0.0126. The van der Waals surface area contributed by atoms with Gasteiger partial charge in [-0.05, 0) is 31.2 Å². The first kappa shape index (κ1) is 18.0. The second-order valence-electron chi connectivity index (χ2n) is 6.15. The summed E-state index contributed by atoms with van der Waals surface area (Å²) in [6.07, 6.45) is 0. The average Bonchev–Trinajstić information content (AvgIpc) is 2.66. The van der Waals surface area contributed by atoms with Gasteiger partial charge < -0.3 is 19.3 Å². The van der Waals surface area contributed by atoms with Crippen molar-refractivity contribution >= 4 is 11.7 Å². The van der Waals surface area contributed by atoms with Crippen LogP contribution in [0.2, 0.25) is 0 Å². The van der Waals surface area contributed by atoms with Crippen LogP contribution in [0.4, 0.5) is 10.2 Å². The lowest BCUT2D eigenvalue weighted by Crippen LogP contribution is -2.54. The van der Waals surface area contributed by atoms with Gasteiger partial charge in [0.1, 0.15) is 5.82 Å². The first-order valence-corrected chi connectivity index (χ1v) is 8.44. The van der Waals surface area contributed by atoms with Crippen molar-refractivity contribution in [3.8, 4) is 11.5 Å². The van der Waals surface area contributed by atoms with E-state index in [-0.39, 0.29) is 11.9 Å². The lowest BCUT2D eigenvalue weighted by Gasteiger charge is -2.40. The molecule has 1 aromatic carbocycles. The van der Waals surface area contributed by atoms with Crippen LogP contribution in [-0.2, 0) is 0 Å². The predicted molar refractivity (Wildman–Crippen MR) is 96.5 cm³/mol. The number of carbonyl (C=O) groups excluding carboxylic acids is 1. The van der Waals surface area contributed by atoms with Gasteiger partial charge in [-0.3, -0.25) is 4.79 Å². The van der Waals surface area contributed by atoms with Crippen molar-refractivity contribution in [1.29, 1.82) is 0 Å². The maximum atomic E-state index is 13.4. The molecule has 1 amide bonds. The van der Waals surface area contributed by atoms with Gasteiger partial charge in [0.05, 0.1) is 19.8 Å². The van der Waals surface area contributed by atoms with E-state index in [0.717, 1.165) is 0 Å². The Morgan fingerprint density at radius 1 is 1.15 bits per heavy atom. The molecule has 3 rings (SSSR count). The van der Waals surface area contributed by atoms with Crippen molar-refractivity contribution in [1.82, 2.24) is 9.88 Å². The SMILES string of the molecule is COc1cccc(C(=O)N2CCN(c3cccc(F)n3)C(C)C2)c1OC. The summed E-state index contributed by atoms with van der Waals surface area (Å²) in [6, 6.07) is 10.0. The molecule has 0 radical (unpaired) electrons. The van der Waals surface area contributed by atoms with Crippen LogP contribution in [0.5, 0.6) is 11.5 Å². The van der Waals surface area contributed by atoms with Crippen molar-refractivity contribution in [2.45, 2.75) is 13.0 Å². The van der Waals surface area contributed by atoms with Crippen molar-refractivity contribution in [3.05, 3.63) is 47.9 Å². The summed E-state index contributed by atoms with van der Waals surface area (Å²) < 4.78 is 24.1. The van der Waals surface area contributed by atoms with Gasteiger partial charge in [-0.2, -0.15) is 4.39 Å². The van der Waals surface area contributed by atoms with Gasteiger partial charge in [-0.15, -0.1) is 0 Å². The van der Waals surface area contributed by atoms with Crippen molar-refractivity contribution < 1.29 is 18.7 Å². The molecule has 26 heavy (non-hydrogen) atoms. The molecule has 1 fully saturated rings. The van der Waals surface area contributed by atoms with Crippen molar-refractivity contribution in [3.63, 3.8) is 0 Å². The Morgan fingerprint density at radius 3 is 2.58 bits per heavy atom. The Balaban J connectivity index is 1.78. The maximum absolute atomic E-state index is 13.4. The molecule has 1 saturated heterocycles. The van der Waals surface area contributed by atoms with Crippen LogP contribution in [0, 0.1) is 5.95 Å². The second kappa shape index (κ2) is 7.59. The standard InChI is InChI=1S/C19H22FN3O3/c1-13-12-22(10-11-23(13)17-9-5-8-16(20)21-17)19(24)14-6-4-7-15(25-2)18(14)26-3/h4-9,13H,10-12H2,1-3H3. The van der Waals surface area contributed by atoms with Gasteiger partial charge in [0.15, 0.2) is 11.5 Å². The molecule has 0 saturated carbocycles. The van der Waals surface area contributed by atoms with Gasteiger partial charge >= 0.3 is 0 Å². The molecule has 7 heteroatoms. The summed E-state index contributed by atoms with van der Waals surface area (Å²) in [7, 11) is 3.06. The lowest BCUT2D eigenvalue weighted by molar-refractivity contribution is 0.0722. The van der Waals surface area contributed by atoms with E-state index < -0.39 is 5.95 Å². The third kappa shape index (κ3) is 3.42. The average molecular weight is 359 g/mol. The Labute approximate surface area is 152 Å². The third-order valence-corrected chi connectivity index (χ3v) is 4.54. The van der Waals surface area contributed by atoms with Crippen LogP contribution in [0.1, 0.15) is 17.3 Å². The highest BCUT2D eigenvalue weighted by molar-refractivity contribution is 5.98. The molecular weight excluding hydrogens is 337 g/mol. The Kier molecular flexibility index (Phi) is 5.25. The molecule has 6 nitrogen and oxygen atoms in total. The van der Waals surface area contributed by atoms with Gasteiger partial charge in [-0.25, -0.2) is 4.98 Å². The molecule has 0 spiro atoms. The number of para-hydroxylation sites is 1. The number of aromatic nitrogens is 1. The van der Waals surface area contributed by atoms with Gasteiger partial charge in [0, 0.05) is 25.7 Å². The number of piperazine rings is 1. The first-order chi connectivity index (χ1) is 12.5. The highest BCUT2D eigenvalue weighted by Crippen LogP contribution is 2.32. The summed E-state index contributed by atoms with van der Waals surface area (Å²) >= 11 is 0. The summed E-state index contributed by atoms with van der Waals surface area (Å²) in [5.41, 5.74) is 0.469. The minimum atomic E-state index is -0.505. The molecule has 1 aromatic heterocycles. The Bertz CT molecular complexity index is 799. The van der Waals surface area contributed by atoms with Gasteiger partial charge in [-0.1, -0.05) is 12.1 Å². The van der Waals surface area contributed by atoms with Crippen LogP contribution in [0.3, 0.4) is 0 Å². The van der Waals surface area contributed by atoms with Crippen LogP contribution in [-0.4, -0.2) is 55.7 Å². The molecular formula is C19H22FN3O3. The zero-order valence-corrected chi connectivity index (χ0v) is 15.1. The largest absolute Gasteiger partial charge is 0.493 e. The van der Waals surface area contributed by atoms with Gasteiger partial charge in [0.2, 0.25) is 5.95 Å². The number of carbonyl (C=O) groups is 1. The number of benzene rings is 1. The molecule has 138 valence electrons. The molecule has 1 unspecified atom stereocenters. The topological polar surface area (TPSA) is 54.9 Å². The summed E-state index contributed by atoms with van der Waals surface area (Å²) in [6.45, 7) is 3.60. The fraction of sp³-hybridized carbons (Fsp3) is 0.368. The number of hydrogen-bond donors (Lipinski definition) is 0. The van der Waals surface area contributed by atoms with Crippen molar-refractivity contribution in [2.75, 3.05) is 38.8 Å². The molecule has 2 heterocycles. The smallest absolute Gasteiger partial charge is 0.257 e. The van der Waals surface area contributed by atoms with E-state index in [0.29, 0.717) is 42.5 Å². The lowest BCUT2D eigenvalue weighted by atomic mass is 10.1. The van der Waals surface area contributed by atoms with Crippen molar-refractivity contribution in [2.24, 2.45) is 0 Å². The number of hydrogen-bond acceptors (Lipinski definition) is 5. The number of amides is 1. The molecule has 1 atom stereocenters. The monoisotopic (exact) mass is 359 g/mol. The molecule has 1 aliphatic rings. The van der Waals surface area contributed by atoms with E-state index in [1.54, 1.807) is 42.3 Å². The third-order valence-electron chi connectivity index (χ3n) is 4.54. The van der Waals surface area contributed by atoms with E-state index in [9.17, 15) is 9.18 Å². The number of ether oxygens (including phenoxy) is 2. The summed E-state index contributed by atoms with van der Waals surface area (Å²) in [4.78, 5) is 20.7. The van der Waals surface area contributed by atoms with Crippen LogP contribution >= 0.6 is 0 Å². The maximum Gasteiger partial charge on any atom is 0.257 e. The van der Waals surface area contributed by atoms with Gasteiger partial charge in [0.25, 0.3) is 5.91 Å². The molecule has 0 aliphatic carbocycles.